The zero-order chi connectivity index (χ0) is 71.8. The number of aliphatic hydroxyl groups is 1. The Morgan fingerprint density at radius 1 is 0.296 bits per heavy atom. The van der Waals surface area contributed by atoms with Gasteiger partial charge in [-0.3, -0.25) is 37.3 Å². The van der Waals surface area contributed by atoms with Crippen LogP contribution in [0.5, 0.6) is 0 Å². The normalized spacial score (nSPS) is 14.6. The summed E-state index contributed by atoms with van der Waals surface area (Å²) in [6.45, 7) is 4.51. The molecule has 5 atom stereocenters. The second-order valence-corrected chi connectivity index (χ2v) is 27.7. The van der Waals surface area contributed by atoms with Crippen molar-refractivity contribution in [1.82, 2.24) is 0 Å². The van der Waals surface area contributed by atoms with Gasteiger partial charge in [0.05, 0.1) is 26.4 Å². The molecule has 0 amide bonds. The van der Waals surface area contributed by atoms with Crippen molar-refractivity contribution in [2.45, 2.75) is 316 Å². The van der Waals surface area contributed by atoms with Crippen LogP contribution < -0.4 is 0 Å². The fraction of sp³-hybridized carbons (Fsp3) is 0.696. The van der Waals surface area contributed by atoms with E-state index >= 15 is 0 Å². The van der Waals surface area contributed by atoms with Gasteiger partial charge in [-0.15, -0.1) is 0 Å². The molecule has 0 bridgehead atoms. The molecule has 0 aromatic heterocycles. The molecule has 0 aliphatic carbocycles. The molecule has 0 radical (unpaired) electrons. The number of aliphatic hydroxyl groups excluding tert-OH is 1. The molecule has 17 nitrogen and oxygen atoms in total. The third-order valence-electron chi connectivity index (χ3n) is 15.4. The fourth-order valence-corrected chi connectivity index (χ4v) is 11.3. The number of ether oxygens (including phenoxy) is 4. The van der Waals surface area contributed by atoms with E-state index in [9.17, 15) is 43.2 Å². The van der Waals surface area contributed by atoms with E-state index < -0.39 is 97.5 Å². The van der Waals surface area contributed by atoms with Crippen LogP contribution in [0.1, 0.15) is 297 Å². The lowest BCUT2D eigenvalue weighted by atomic mass is 10.0. The second kappa shape index (κ2) is 70.9. The average Bonchev–Trinajstić information content (AvgIpc) is 0.969. The average molecular weight is 1420 g/mol. The summed E-state index contributed by atoms with van der Waals surface area (Å²) in [7, 11) is -9.97. The molecule has 19 heteroatoms. The van der Waals surface area contributed by atoms with Gasteiger partial charge >= 0.3 is 39.5 Å². The monoisotopic (exact) mass is 1420 g/mol. The van der Waals surface area contributed by atoms with Gasteiger partial charge in [-0.25, -0.2) is 9.13 Å². The molecule has 0 aliphatic rings. The number of unbranched alkanes of at least 4 members (excludes halogenated alkanes) is 24. The number of allylic oxidation sites excluding steroid dienone is 20. The van der Waals surface area contributed by atoms with Crippen molar-refractivity contribution in [2.75, 3.05) is 39.6 Å². The van der Waals surface area contributed by atoms with Crippen molar-refractivity contribution in [1.29, 1.82) is 0 Å². The molecule has 0 aliphatic heterocycles. The molecule has 0 aromatic rings. The van der Waals surface area contributed by atoms with E-state index in [2.05, 4.69) is 137 Å². The number of esters is 4. The van der Waals surface area contributed by atoms with E-state index in [0.29, 0.717) is 32.1 Å². The predicted molar refractivity (Wildman–Crippen MR) is 399 cm³/mol. The maximum Gasteiger partial charge on any atom is 0.472 e. The minimum Gasteiger partial charge on any atom is -0.462 e. The van der Waals surface area contributed by atoms with E-state index in [0.717, 1.165) is 135 Å². The summed E-state index contributed by atoms with van der Waals surface area (Å²) >= 11 is 0. The van der Waals surface area contributed by atoms with E-state index in [1.165, 1.54) is 77.0 Å². The number of carbonyl (C=O) groups is 4. The van der Waals surface area contributed by atoms with Gasteiger partial charge in [-0.05, 0) is 128 Å². The van der Waals surface area contributed by atoms with Crippen LogP contribution in [0.25, 0.3) is 0 Å². The summed E-state index contributed by atoms with van der Waals surface area (Å²) in [6.07, 6.45) is 76.3. The molecule has 0 aromatic carbocycles. The first-order valence-electron chi connectivity index (χ1n) is 37.8. The van der Waals surface area contributed by atoms with Crippen LogP contribution in [-0.4, -0.2) is 96.7 Å². The van der Waals surface area contributed by atoms with Crippen molar-refractivity contribution in [3.63, 3.8) is 0 Å². The standard InChI is InChI=1S/C79H134O17P2/c1-5-9-13-17-21-25-29-33-35-36-38-42-44-48-52-56-60-64-77(82)90-70-75(96-79(84)66-62-58-54-50-46-40-32-28-24-20-16-12-8-4)72-94-98(87,88)92-68-73(80)67-91-97(85,86)93-71-74(95-78(83)65-61-57-53-49-45-39-31-27-23-19-15-11-7-3)69-89-76(81)63-59-55-51-47-43-41-37-34-30-26-22-18-14-10-6-2/h9-10,13-14,21-22,25-26,28,32-35,37-38,42-43,47-48,52,73-75,80H,5-8,11-12,15-20,23-24,27,29-31,36,39-41,44-46,49-51,53-72H2,1-4H3,(H,85,86)(H,87,88)/b13-9-,14-10-,25-21-,26-22-,32-28-,35-33-,37-34-,42-38-,47-43-,52-48-. The SMILES string of the molecule is CC/C=C\C/C=C\C/C=C\C/C=C\C/C=C\CCCC(=O)OCC(COP(=O)(O)OCC(O)COP(=O)(O)OCC(COC(=O)CCCC/C=C\C/C=C\C/C=C\C/C=C\CC)OC(=O)CCCCCCCCCCCCCCC)OC(=O)CCCCCCC/C=C\CCCCCC. The summed E-state index contributed by atoms with van der Waals surface area (Å²) in [4.78, 5) is 72.8. The number of rotatable bonds is 70. The van der Waals surface area contributed by atoms with Gasteiger partial charge in [0.15, 0.2) is 12.2 Å². The van der Waals surface area contributed by atoms with Gasteiger partial charge in [0, 0.05) is 25.7 Å². The van der Waals surface area contributed by atoms with Gasteiger partial charge < -0.3 is 33.8 Å². The zero-order valence-electron chi connectivity index (χ0n) is 61.2. The molecule has 0 heterocycles. The maximum absolute atomic E-state index is 13.1. The minimum absolute atomic E-state index is 0.0701. The van der Waals surface area contributed by atoms with Crippen molar-refractivity contribution in [2.24, 2.45) is 0 Å². The Morgan fingerprint density at radius 2 is 0.541 bits per heavy atom. The third-order valence-corrected chi connectivity index (χ3v) is 17.3. The highest BCUT2D eigenvalue weighted by molar-refractivity contribution is 7.47. The summed E-state index contributed by atoms with van der Waals surface area (Å²) < 4.78 is 68.3. The first-order chi connectivity index (χ1) is 47.7. The first-order valence-corrected chi connectivity index (χ1v) is 40.8. The van der Waals surface area contributed by atoms with Crippen LogP contribution in [0.2, 0.25) is 0 Å². The number of phosphoric acid groups is 2. The lowest BCUT2D eigenvalue weighted by Gasteiger charge is -2.21. The summed E-state index contributed by atoms with van der Waals surface area (Å²) in [5.41, 5.74) is 0. The first kappa shape index (κ1) is 93.5. The molecule has 0 saturated heterocycles. The summed E-state index contributed by atoms with van der Waals surface area (Å²) in [5.74, 6) is -2.30. The summed E-state index contributed by atoms with van der Waals surface area (Å²) in [5, 5.41) is 10.6. The Kier molecular flexibility index (Phi) is 67.6. The van der Waals surface area contributed by atoms with Crippen LogP contribution in [0.4, 0.5) is 0 Å². The van der Waals surface area contributed by atoms with Crippen LogP contribution in [0.15, 0.2) is 122 Å². The van der Waals surface area contributed by atoms with Gasteiger partial charge in [-0.2, -0.15) is 0 Å². The van der Waals surface area contributed by atoms with Crippen LogP contribution in [0.3, 0.4) is 0 Å². The number of hydrogen-bond donors (Lipinski definition) is 3. The highest BCUT2D eigenvalue weighted by Crippen LogP contribution is 2.45. The van der Waals surface area contributed by atoms with Crippen LogP contribution >= 0.6 is 15.6 Å². The predicted octanol–water partition coefficient (Wildman–Crippen LogP) is 21.6. The van der Waals surface area contributed by atoms with E-state index in [1.807, 2.05) is 12.2 Å². The van der Waals surface area contributed by atoms with Gasteiger partial charge in [0.1, 0.15) is 19.3 Å². The molecule has 0 spiro atoms. The number of carbonyl (C=O) groups excluding carboxylic acids is 4. The molecular weight excluding hydrogens is 1280 g/mol. The highest BCUT2D eigenvalue weighted by atomic mass is 31.2. The van der Waals surface area contributed by atoms with Crippen molar-refractivity contribution < 1.29 is 80.2 Å². The molecule has 562 valence electrons. The Morgan fingerprint density at radius 3 is 0.898 bits per heavy atom. The Balaban J connectivity index is 5.42. The molecule has 0 saturated carbocycles. The van der Waals surface area contributed by atoms with Gasteiger partial charge in [0.25, 0.3) is 0 Å². The van der Waals surface area contributed by atoms with Gasteiger partial charge in [-0.1, -0.05) is 265 Å². The lowest BCUT2D eigenvalue weighted by molar-refractivity contribution is -0.161. The smallest absolute Gasteiger partial charge is 0.462 e. The number of phosphoric ester groups is 2. The molecule has 3 N–H and O–H groups in total. The minimum atomic E-state index is -4.99. The highest BCUT2D eigenvalue weighted by Gasteiger charge is 2.30. The fourth-order valence-electron chi connectivity index (χ4n) is 9.71. The molecule has 0 rings (SSSR count). The second-order valence-electron chi connectivity index (χ2n) is 24.8. The maximum atomic E-state index is 13.1. The topological polar surface area (TPSA) is 237 Å². The summed E-state index contributed by atoms with van der Waals surface area (Å²) in [6, 6.07) is 0. The largest absolute Gasteiger partial charge is 0.472 e. The van der Waals surface area contributed by atoms with E-state index in [1.54, 1.807) is 0 Å². The molecule has 98 heavy (non-hydrogen) atoms. The van der Waals surface area contributed by atoms with Crippen molar-refractivity contribution in [3.8, 4) is 0 Å². The Hall–Kier alpha value is -4.54. The molecule has 0 fully saturated rings. The van der Waals surface area contributed by atoms with Crippen molar-refractivity contribution in [3.05, 3.63) is 122 Å². The molecule has 5 unspecified atom stereocenters. The Labute approximate surface area is 593 Å². The zero-order valence-corrected chi connectivity index (χ0v) is 63.0. The number of hydrogen-bond acceptors (Lipinski definition) is 15. The third kappa shape index (κ3) is 69.9. The lowest BCUT2D eigenvalue weighted by Crippen LogP contribution is -2.30. The van der Waals surface area contributed by atoms with Crippen LogP contribution in [0, 0.1) is 0 Å². The van der Waals surface area contributed by atoms with Gasteiger partial charge in [0.2, 0.25) is 0 Å². The molecular formula is C79H134O17P2. The quantitative estimate of drug-likeness (QED) is 0.0169. The Bertz CT molecular complexity index is 2340. The van der Waals surface area contributed by atoms with Crippen molar-refractivity contribution >= 4 is 39.5 Å². The van der Waals surface area contributed by atoms with E-state index in [-0.39, 0.29) is 25.7 Å². The van der Waals surface area contributed by atoms with Crippen LogP contribution in [-0.2, 0) is 65.4 Å². The van der Waals surface area contributed by atoms with E-state index in [4.69, 9.17) is 37.0 Å².